The average molecular weight is 267 g/mol. The molecule has 0 bridgehead atoms. The van der Waals surface area contributed by atoms with Gasteiger partial charge in [-0.1, -0.05) is 45.4 Å². The summed E-state index contributed by atoms with van der Waals surface area (Å²) in [4.78, 5) is 14.2. The van der Waals surface area contributed by atoms with Crippen LogP contribution in [0.2, 0.25) is 0 Å². The summed E-state index contributed by atoms with van der Waals surface area (Å²) in [5.41, 5.74) is 1.15. The third kappa shape index (κ3) is 6.55. The smallest absolute Gasteiger partial charge is 0.248 e. The van der Waals surface area contributed by atoms with E-state index in [9.17, 15) is 9.18 Å². The van der Waals surface area contributed by atoms with Gasteiger partial charge in [-0.2, -0.15) is 0 Å². The topological polar surface area (TPSA) is 32.9 Å². The molecule has 0 aliphatic rings. The fourth-order valence-corrected chi connectivity index (χ4v) is 2.26. The molecule has 0 saturated carbocycles. The predicted molar refractivity (Wildman–Crippen MR) is 78.3 cm³/mol. The van der Waals surface area contributed by atoms with Crippen LogP contribution >= 0.6 is 0 Å². The fraction of sp³-hybridized carbons (Fsp3) is 0.688. The van der Waals surface area contributed by atoms with E-state index in [1.165, 1.54) is 51.5 Å². The minimum Gasteiger partial charge on any atom is -0.326 e. The van der Waals surface area contributed by atoms with Crippen LogP contribution in [0.25, 0.3) is 0 Å². The van der Waals surface area contributed by atoms with Gasteiger partial charge in [0.1, 0.15) is 6.17 Å². The Hall–Kier alpha value is -1.12. The molecule has 2 nitrogen and oxygen atoms in total. The van der Waals surface area contributed by atoms with Crippen molar-refractivity contribution in [2.75, 3.05) is 0 Å². The first-order valence-electron chi connectivity index (χ1n) is 7.50. The molecule has 0 amide bonds. The molecule has 1 N–H and O–H groups in total. The van der Waals surface area contributed by atoms with E-state index >= 15 is 0 Å². The van der Waals surface area contributed by atoms with Crippen molar-refractivity contribution in [3.8, 4) is 0 Å². The number of rotatable bonds is 9. The van der Waals surface area contributed by atoms with Crippen molar-refractivity contribution in [1.82, 2.24) is 4.98 Å². The summed E-state index contributed by atoms with van der Waals surface area (Å²) in [6.45, 7) is 3.68. The van der Waals surface area contributed by atoms with Crippen molar-refractivity contribution in [3.05, 3.63) is 33.7 Å². The molecule has 0 radical (unpaired) electrons. The monoisotopic (exact) mass is 267 g/mol. The van der Waals surface area contributed by atoms with Gasteiger partial charge in [0.05, 0.1) is 0 Å². The molecule has 0 aromatic carbocycles. The number of aryl methyl sites for hydroxylation is 1. The number of aromatic nitrogens is 1. The number of H-pyrrole nitrogens is 1. The zero-order chi connectivity index (χ0) is 14.1. The molecule has 1 aromatic rings. The first-order chi connectivity index (χ1) is 9.13. The van der Waals surface area contributed by atoms with Crippen LogP contribution < -0.4 is 5.56 Å². The van der Waals surface area contributed by atoms with Gasteiger partial charge in [0, 0.05) is 11.8 Å². The number of hydrogen-bond donors (Lipinski definition) is 1. The Morgan fingerprint density at radius 3 is 2.37 bits per heavy atom. The molecule has 1 heterocycles. The second-order valence-electron chi connectivity index (χ2n) is 5.29. The first-order valence-corrected chi connectivity index (χ1v) is 7.50. The largest absolute Gasteiger partial charge is 0.326 e. The minimum atomic E-state index is -1.07. The Labute approximate surface area is 115 Å². The lowest BCUT2D eigenvalue weighted by atomic mass is 10.1. The Balaban J connectivity index is 2.31. The van der Waals surface area contributed by atoms with E-state index < -0.39 is 6.17 Å². The lowest BCUT2D eigenvalue weighted by Gasteiger charge is -2.06. The molecule has 0 spiro atoms. The second-order valence-corrected chi connectivity index (χ2v) is 5.29. The summed E-state index contributed by atoms with van der Waals surface area (Å²) in [5.74, 6) is 0. The van der Waals surface area contributed by atoms with Crippen LogP contribution in [0.15, 0.2) is 16.9 Å². The molecule has 0 aliphatic carbocycles. The van der Waals surface area contributed by atoms with Crippen LogP contribution in [-0.4, -0.2) is 4.98 Å². The van der Waals surface area contributed by atoms with Crippen LogP contribution in [0.4, 0.5) is 4.39 Å². The van der Waals surface area contributed by atoms with E-state index in [2.05, 4.69) is 11.9 Å². The molecule has 1 rings (SSSR count). The summed E-state index contributed by atoms with van der Waals surface area (Å²) in [6, 6.07) is 3.13. The zero-order valence-corrected chi connectivity index (χ0v) is 12.2. The van der Waals surface area contributed by atoms with E-state index in [1.807, 2.05) is 0 Å². The highest BCUT2D eigenvalue weighted by Gasteiger charge is 2.05. The standard InChI is InChI=1S/C16H26FNO/c1-3-4-5-6-7-8-9-10-15-11-14(13(2)17)12-16(19)18-15/h11-13H,3-10H2,1-2H3,(H,18,19). The maximum atomic E-state index is 13.2. The van der Waals surface area contributed by atoms with Crippen LogP contribution in [0.1, 0.15) is 76.2 Å². The van der Waals surface area contributed by atoms with Gasteiger partial charge < -0.3 is 4.98 Å². The van der Waals surface area contributed by atoms with Gasteiger partial charge in [0.15, 0.2) is 0 Å². The van der Waals surface area contributed by atoms with E-state index in [-0.39, 0.29) is 5.56 Å². The maximum Gasteiger partial charge on any atom is 0.248 e. The Morgan fingerprint density at radius 1 is 1.11 bits per heavy atom. The van der Waals surface area contributed by atoms with Crippen LogP contribution in [0.3, 0.4) is 0 Å². The normalized spacial score (nSPS) is 12.6. The SMILES string of the molecule is CCCCCCCCCc1cc(C(C)F)cc(=O)[nH]1. The van der Waals surface area contributed by atoms with Crippen molar-refractivity contribution < 1.29 is 4.39 Å². The zero-order valence-electron chi connectivity index (χ0n) is 12.2. The predicted octanol–water partition coefficient (Wildman–Crippen LogP) is 4.70. The van der Waals surface area contributed by atoms with Crippen molar-refractivity contribution >= 4 is 0 Å². The molecule has 1 atom stereocenters. The summed E-state index contributed by atoms with van der Waals surface area (Å²) in [7, 11) is 0. The molecule has 1 aromatic heterocycles. The number of aromatic amines is 1. The lowest BCUT2D eigenvalue weighted by Crippen LogP contribution is -2.10. The third-order valence-electron chi connectivity index (χ3n) is 3.43. The van der Waals surface area contributed by atoms with E-state index in [0.717, 1.165) is 18.5 Å². The van der Waals surface area contributed by atoms with E-state index in [1.54, 1.807) is 6.07 Å². The third-order valence-corrected chi connectivity index (χ3v) is 3.43. The van der Waals surface area contributed by atoms with Crippen LogP contribution in [0, 0.1) is 0 Å². The van der Waals surface area contributed by atoms with Crippen molar-refractivity contribution in [2.45, 2.75) is 71.4 Å². The maximum absolute atomic E-state index is 13.2. The first kappa shape index (κ1) is 15.9. The summed E-state index contributed by atoms with van der Waals surface area (Å²) >= 11 is 0. The number of hydrogen-bond acceptors (Lipinski definition) is 1. The van der Waals surface area contributed by atoms with Crippen molar-refractivity contribution in [1.29, 1.82) is 0 Å². The van der Waals surface area contributed by atoms with Crippen molar-refractivity contribution in [3.63, 3.8) is 0 Å². The molecule has 108 valence electrons. The molecular formula is C16H26FNO. The highest BCUT2D eigenvalue weighted by molar-refractivity contribution is 5.18. The summed E-state index contributed by atoms with van der Waals surface area (Å²) in [5, 5.41) is 0. The van der Waals surface area contributed by atoms with Crippen LogP contribution in [-0.2, 0) is 6.42 Å². The average Bonchev–Trinajstić information content (AvgIpc) is 2.37. The highest BCUT2D eigenvalue weighted by Crippen LogP contribution is 2.16. The number of pyridine rings is 1. The quantitative estimate of drug-likeness (QED) is 0.646. The minimum absolute atomic E-state index is 0.194. The molecule has 19 heavy (non-hydrogen) atoms. The Kier molecular flexibility index (Phi) is 7.46. The number of halogens is 1. The lowest BCUT2D eigenvalue weighted by molar-refractivity contribution is 0.373. The Bertz CT molecular complexity index is 411. The number of unbranched alkanes of at least 4 members (excludes halogenated alkanes) is 6. The van der Waals surface area contributed by atoms with Gasteiger partial charge in [-0.15, -0.1) is 0 Å². The van der Waals surface area contributed by atoms with Gasteiger partial charge in [0.2, 0.25) is 5.56 Å². The highest BCUT2D eigenvalue weighted by atomic mass is 19.1. The van der Waals surface area contributed by atoms with E-state index in [4.69, 9.17) is 0 Å². The van der Waals surface area contributed by atoms with Gasteiger partial charge in [-0.05, 0) is 31.4 Å². The molecule has 3 heteroatoms. The second kappa shape index (κ2) is 8.89. The van der Waals surface area contributed by atoms with Gasteiger partial charge in [-0.3, -0.25) is 4.79 Å². The summed E-state index contributed by atoms with van der Waals surface area (Å²) < 4.78 is 13.2. The molecule has 0 fully saturated rings. The summed E-state index contributed by atoms with van der Waals surface area (Å²) in [6.07, 6.45) is 8.48. The number of alkyl halides is 1. The molecule has 0 aliphatic heterocycles. The van der Waals surface area contributed by atoms with Gasteiger partial charge in [-0.25, -0.2) is 4.39 Å². The van der Waals surface area contributed by atoms with Crippen molar-refractivity contribution in [2.24, 2.45) is 0 Å². The van der Waals surface area contributed by atoms with E-state index in [0.29, 0.717) is 5.56 Å². The molecule has 0 saturated heterocycles. The fourth-order valence-electron chi connectivity index (χ4n) is 2.26. The molecular weight excluding hydrogens is 241 g/mol. The van der Waals surface area contributed by atoms with Crippen LogP contribution in [0.5, 0.6) is 0 Å². The molecule has 1 unspecified atom stereocenters. The number of nitrogens with one attached hydrogen (secondary N) is 1. The van der Waals surface area contributed by atoms with Gasteiger partial charge >= 0.3 is 0 Å². The van der Waals surface area contributed by atoms with Gasteiger partial charge in [0.25, 0.3) is 0 Å². The Morgan fingerprint density at radius 2 is 1.74 bits per heavy atom.